The van der Waals surface area contributed by atoms with E-state index in [0.717, 1.165) is 11.3 Å². The summed E-state index contributed by atoms with van der Waals surface area (Å²) in [7, 11) is 3.20. The molecule has 0 aliphatic rings. The van der Waals surface area contributed by atoms with Crippen LogP contribution in [0.5, 0.6) is 17.2 Å². The zero-order chi connectivity index (χ0) is 15.1. The van der Waals surface area contributed by atoms with Gasteiger partial charge in [0.1, 0.15) is 23.9 Å². The predicted octanol–water partition coefficient (Wildman–Crippen LogP) is 3.91. The minimum atomic E-state index is 0.183. The van der Waals surface area contributed by atoms with Crippen LogP contribution in [0.2, 0.25) is 5.02 Å². The van der Waals surface area contributed by atoms with E-state index in [1.54, 1.807) is 32.4 Å². The molecular formula is C16H17ClO4. The molecule has 0 amide bonds. The lowest BCUT2D eigenvalue weighted by molar-refractivity contribution is 0.0511. The van der Waals surface area contributed by atoms with Gasteiger partial charge < -0.3 is 18.9 Å². The van der Waals surface area contributed by atoms with Gasteiger partial charge in [-0.2, -0.15) is 0 Å². The van der Waals surface area contributed by atoms with Gasteiger partial charge in [-0.1, -0.05) is 23.7 Å². The number of halogens is 1. The van der Waals surface area contributed by atoms with Crippen molar-refractivity contribution in [1.82, 2.24) is 0 Å². The van der Waals surface area contributed by atoms with E-state index in [2.05, 4.69) is 0 Å². The third-order valence-electron chi connectivity index (χ3n) is 2.80. The largest absolute Gasteiger partial charge is 0.497 e. The van der Waals surface area contributed by atoms with Crippen LogP contribution in [0, 0.1) is 0 Å². The summed E-state index contributed by atoms with van der Waals surface area (Å²) in [5.41, 5.74) is 1.03. The topological polar surface area (TPSA) is 36.9 Å². The summed E-state index contributed by atoms with van der Waals surface area (Å²) in [5.74, 6) is 2.06. The SMILES string of the molecule is COCOc1ccc(OCc2ccc(OC)cc2)c(Cl)c1. The van der Waals surface area contributed by atoms with Crippen LogP contribution in [0.4, 0.5) is 0 Å². The van der Waals surface area contributed by atoms with Gasteiger partial charge in [0.05, 0.1) is 12.1 Å². The van der Waals surface area contributed by atoms with Crippen molar-refractivity contribution < 1.29 is 18.9 Å². The van der Waals surface area contributed by atoms with E-state index in [9.17, 15) is 0 Å². The standard InChI is InChI=1S/C16H17ClO4/c1-18-11-21-14-7-8-16(15(17)9-14)20-10-12-3-5-13(19-2)6-4-12/h3-9H,10-11H2,1-2H3. The Kier molecular flexibility index (Phi) is 5.72. The molecule has 2 rings (SSSR count). The number of rotatable bonds is 7. The molecule has 21 heavy (non-hydrogen) atoms. The van der Waals surface area contributed by atoms with Gasteiger partial charge in [-0.25, -0.2) is 0 Å². The Morgan fingerprint density at radius 1 is 0.905 bits per heavy atom. The van der Waals surface area contributed by atoms with Crippen LogP contribution in [0.1, 0.15) is 5.56 Å². The van der Waals surface area contributed by atoms with Gasteiger partial charge in [0.15, 0.2) is 6.79 Å². The Hall–Kier alpha value is -1.91. The Bertz CT molecular complexity index is 569. The molecule has 0 saturated heterocycles. The zero-order valence-electron chi connectivity index (χ0n) is 12.0. The average molecular weight is 309 g/mol. The van der Waals surface area contributed by atoms with E-state index >= 15 is 0 Å². The molecule has 0 bridgehead atoms. The van der Waals surface area contributed by atoms with Crippen molar-refractivity contribution in [3.05, 3.63) is 53.1 Å². The summed E-state index contributed by atoms with van der Waals surface area (Å²) in [6.45, 7) is 0.615. The Morgan fingerprint density at radius 2 is 1.62 bits per heavy atom. The van der Waals surface area contributed by atoms with Gasteiger partial charge in [0.2, 0.25) is 0 Å². The first-order chi connectivity index (χ1) is 10.2. The molecule has 0 saturated carbocycles. The zero-order valence-corrected chi connectivity index (χ0v) is 12.7. The predicted molar refractivity (Wildman–Crippen MR) is 81.3 cm³/mol. The lowest BCUT2D eigenvalue weighted by Gasteiger charge is -2.10. The number of hydrogen-bond donors (Lipinski definition) is 0. The minimum absolute atomic E-state index is 0.183. The molecule has 4 nitrogen and oxygen atoms in total. The maximum atomic E-state index is 6.16. The van der Waals surface area contributed by atoms with E-state index in [0.29, 0.717) is 23.1 Å². The van der Waals surface area contributed by atoms with Crippen LogP contribution in [-0.4, -0.2) is 21.0 Å². The van der Waals surface area contributed by atoms with Gasteiger partial charge >= 0.3 is 0 Å². The summed E-state index contributed by atoms with van der Waals surface area (Å²) in [5, 5.41) is 0.497. The molecule has 0 heterocycles. The highest BCUT2D eigenvalue weighted by atomic mass is 35.5. The van der Waals surface area contributed by atoms with Gasteiger partial charge in [-0.3, -0.25) is 0 Å². The number of hydrogen-bond acceptors (Lipinski definition) is 4. The van der Waals surface area contributed by atoms with Crippen molar-refractivity contribution in [2.24, 2.45) is 0 Å². The van der Waals surface area contributed by atoms with Gasteiger partial charge in [-0.15, -0.1) is 0 Å². The van der Waals surface area contributed by atoms with Crippen LogP contribution in [0.3, 0.4) is 0 Å². The highest BCUT2D eigenvalue weighted by molar-refractivity contribution is 6.32. The third-order valence-corrected chi connectivity index (χ3v) is 3.10. The molecule has 2 aromatic rings. The fourth-order valence-corrected chi connectivity index (χ4v) is 1.92. The lowest BCUT2D eigenvalue weighted by atomic mass is 10.2. The maximum absolute atomic E-state index is 6.16. The highest BCUT2D eigenvalue weighted by Crippen LogP contribution is 2.29. The lowest BCUT2D eigenvalue weighted by Crippen LogP contribution is -1.99. The molecule has 0 aliphatic carbocycles. The molecule has 0 spiro atoms. The summed E-state index contributed by atoms with van der Waals surface area (Å²) < 4.78 is 20.9. The number of ether oxygens (including phenoxy) is 4. The smallest absolute Gasteiger partial charge is 0.188 e. The van der Waals surface area contributed by atoms with Crippen LogP contribution in [0.15, 0.2) is 42.5 Å². The summed E-state index contributed by atoms with van der Waals surface area (Å²) >= 11 is 6.16. The first-order valence-electron chi connectivity index (χ1n) is 6.40. The quantitative estimate of drug-likeness (QED) is 0.727. The molecule has 0 atom stereocenters. The first-order valence-corrected chi connectivity index (χ1v) is 6.77. The molecule has 0 fully saturated rings. The van der Waals surface area contributed by atoms with Crippen LogP contribution >= 0.6 is 11.6 Å². The third kappa shape index (κ3) is 4.55. The fourth-order valence-electron chi connectivity index (χ4n) is 1.70. The summed E-state index contributed by atoms with van der Waals surface area (Å²) in [6.07, 6.45) is 0. The molecule has 0 radical (unpaired) electrons. The molecule has 2 aromatic carbocycles. The van der Waals surface area contributed by atoms with E-state index in [-0.39, 0.29) is 6.79 Å². The van der Waals surface area contributed by atoms with Crippen LogP contribution < -0.4 is 14.2 Å². The van der Waals surface area contributed by atoms with Crippen molar-refractivity contribution in [3.63, 3.8) is 0 Å². The molecule has 112 valence electrons. The molecule has 0 aromatic heterocycles. The molecular weight excluding hydrogens is 292 g/mol. The number of methoxy groups -OCH3 is 2. The van der Waals surface area contributed by atoms with Gasteiger partial charge in [0.25, 0.3) is 0 Å². The minimum Gasteiger partial charge on any atom is -0.497 e. The average Bonchev–Trinajstić information content (AvgIpc) is 2.52. The van der Waals surface area contributed by atoms with E-state index in [4.69, 9.17) is 30.5 Å². The molecule has 0 aliphatic heterocycles. The van der Waals surface area contributed by atoms with Crippen molar-refractivity contribution in [3.8, 4) is 17.2 Å². The Morgan fingerprint density at radius 3 is 2.24 bits per heavy atom. The molecule has 0 N–H and O–H groups in total. The highest BCUT2D eigenvalue weighted by Gasteiger charge is 2.05. The normalized spacial score (nSPS) is 10.2. The summed E-state index contributed by atoms with van der Waals surface area (Å²) in [6, 6.07) is 12.9. The van der Waals surface area contributed by atoms with Gasteiger partial charge in [-0.05, 0) is 29.8 Å². The van der Waals surface area contributed by atoms with Crippen LogP contribution in [-0.2, 0) is 11.3 Å². The fraction of sp³-hybridized carbons (Fsp3) is 0.250. The van der Waals surface area contributed by atoms with Crippen molar-refractivity contribution >= 4 is 11.6 Å². The van der Waals surface area contributed by atoms with Crippen molar-refractivity contribution in [2.45, 2.75) is 6.61 Å². The number of benzene rings is 2. The van der Waals surface area contributed by atoms with Crippen molar-refractivity contribution in [1.29, 1.82) is 0 Å². The summed E-state index contributed by atoms with van der Waals surface area (Å²) in [4.78, 5) is 0. The Labute approximate surface area is 129 Å². The van der Waals surface area contributed by atoms with E-state index in [1.807, 2.05) is 24.3 Å². The Balaban J connectivity index is 1.95. The first kappa shape index (κ1) is 15.5. The molecule has 0 unspecified atom stereocenters. The maximum Gasteiger partial charge on any atom is 0.188 e. The monoisotopic (exact) mass is 308 g/mol. The second-order valence-corrected chi connectivity index (χ2v) is 4.69. The van der Waals surface area contributed by atoms with Crippen molar-refractivity contribution in [2.75, 3.05) is 21.0 Å². The van der Waals surface area contributed by atoms with Gasteiger partial charge in [0, 0.05) is 13.2 Å². The van der Waals surface area contributed by atoms with E-state index < -0.39 is 0 Å². The van der Waals surface area contributed by atoms with Crippen LogP contribution in [0.25, 0.3) is 0 Å². The van der Waals surface area contributed by atoms with E-state index in [1.165, 1.54) is 0 Å². The molecule has 5 heteroatoms. The second kappa shape index (κ2) is 7.76. The second-order valence-electron chi connectivity index (χ2n) is 4.28.